The Kier molecular flexibility index (Phi) is 4.78. The number of aromatic nitrogens is 2. The Morgan fingerprint density at radius 1 is 1.47 bits per heavy atom. The normalized spacial score (nSPS) is 12.9. The summed E-state index contributed by atoms with van der Waals surface area (Å²) in [4.78, 5) is 10.1. The highest BCUT2D eigenvalue weighted by Crippen LogP contribution is 2.10. The zero-order valence-electron chi connectivity index (χ0n) is 9.37. The summed E-state index contributed by atoms with van der Waals surface area (Å²) < 4.78 is 0. The van der Waals surface area contributed by atoms with Gasteiger partial charge in [-0.1, -0.05) is 11.6 Å². The van der Waals surface area contributed by atoms with Crippen molar-refractivity contribution in [1.82, 2.24) is 14.9 Å². The van der Waals surface area contributed by atoms with E-state index in [0.29, 0.717) is 11.2 Å². The van der Waals surface area contributed by atoms with Crippen LogP contribution in [0.25, 0.3) is 0 Å². The van der Waals surface area contributed by atoms with Crippen LogP contribution in [0.2, 0.25) is 5.15 Å². The van der Waals surface area contributed by atoms with Crippen LogP contribution in [0.1, 0.15) is 13.3 Å². The van der Waals surface area contributed by atoms with Gasteiger partial charge in [0.1, 0.15) is 17.3 Å². The summed E-state index contributed by atoms with van der Waals surface area (Å²) >= 11 is 5.76. The molecule has 0 saturated carbocycles. The van der Waals surface area contributed by atoms with Crippen LogP contribution in [-0.4, -0.2) is 41.5 Å². The fourth-order valence-corrected chi connectivity index (χ4v) is 1.34. The minimum absolute atomic E-state index is 0.373. The SMILES string of the molecule is CC(CCN(C)C)Nc1cc(Cl)ncn1. The Morgan fingerprint density at radius 3 is 2.80 bits per heavy atom. The Morgan fingerprint density at radius 2 is 2.20 bits per heavy atom. The largest absolute Gasteiger partial charge is 0.367 e. The molecule has 15 heavy (non-hydrogen) atoms. The molecular formula is C10H17ClN4. The molecular weight excluding hydrogens is 212 g/mol. The number of nitrogens with zero attached hydrogens (tertiary/aromatic N) is 3. The van der Waals surface area contributed by atoms with E-state index in [-0.39, 0.29) is 0 Å². The van der Waals surface area contributed by atoms with Crippen molar-refractivity contribution in [1.29, 1.82) is 0 Å². The van der Waals surface area contributed by atoms with Crippen LogP contribution in [0.5, 0.6) is 0 Å². The second kappa shape index (κ2) is 5.88. The highest BCUT2D eigenvalue weighted by atomic mass is 35.5. The first-order valence-electron chi connectivity index (χ1n) is 4.96. The molecule has 1 heterocycles. The third-order valence-electron chi connectivity index (χ3n) is 2.04. The van der Waals surface area contributed by atoms with Gasteiger partial charge in [-0.2, -0.15) is 0 Å². The standard InChI is InChI=1S/C10H17ClN4/c1-8(4-5-15(2)3)14-10-6-9(11)12-7-13-10/h6-8H,4-5H2,1-3H3,(H,12,13,14). The van der Waals surface area contributed by atoms with Crippen molar-refractivity contribution in [2.24, 2.45) is 0 Å². The average molecular weight is 229 g/mol. The molecule has 0 radical (unpaired) electrons. The lowest BCUT2D eigenvalue weighted by atomic mass is 10.2. The van der Waals surface area contributed by atoms with Crippen molar-refractivity contribution in [3.8, 4) is 0 Å². The number of halogens is 1. The molecule has 84 valence electrons. The highest BCUT2D eigenvalue weighted by molar-refractivity contribution is 6.29. The Bertz CT molecular complexity index is 303. The molecule has 0 spiro atoms. The van der Waals surface area contributed by atoms with Gasteiger partial charge in [-0.15, -0.1) is 0 Å². The number of nitrogens with one attached hydrogen (secondary N) is 1. The molecule has 1 rings (SSSR count). The van der Waals surface area contributed by atoms with E-state index >= 15 is 0 Å². The predicted octanol–water partition coefficient (Wildman–Crippen LogP) is 1.88. The summed E-state index contributed by atoms with van der Waals surface area (Å²) in [6.45, 7) is 3.17. The Hall–Kier alpha value is -0.870. The van der Waals surface area contributed by atoms with Gasteiger partial charge in [0, 0.05) is 12.1 Å². The smallest absolute Gasteiger partial charge is 0.134 e. The summed E-state index contributed by atoms with van der Waals surface area (Å²) in [5.74, 6) is 0.779. The summed E-state index contributed by atoms with van der Waals surface area (Å²) in [7, 11) is 4.13. The molecule has 0 aliphatic heterocycles. The lowest BCUT2D eigenvalue weighted by Gasteiger charge is -2.16. The van der Waals surface area contributed by atoms with Crippen LogP contribution >= 0.6 is 11.6 Å². The summed E-state index contributed by atoms with van der Waals surface area (Å²) in [5, 5.41) is 3.74. The molecule has 0 bridgehead atoms. The summed E-state index contributed by atoms with van der Waals surface area (Å²) in [6.07, 6.45) is 2.53. The molecule has 5 heteroatoms. The van der Waals surface area contributed by atoms with E-state index in [1.54, 1.807) is 6.07 Å². The van der Waals surface area contributed by atoms with E-state index in [4.69, 9.17) is 11.6 Å². The molecule has 0 fully saturated rings. The molecule has 0 amide bonds. The van der Waals surface area contributed by atoms with Gasteiger partial charge in [-0.05, 0) is 34.0 Å². The van der Waals surface area contributed by atoms with Gasteiger partial charge >= 0.3 is 0 Å². The van der Waals surface area contributed by atoms with Crippen LogP contribution in [0, 0.1) is 0 Å². The zero-order chi connectivity index (χ0) is 11.3. The maximum absolute atomic E-state index is 5.76. The molecule has 0 aliphatic carbocycles. The zero-order valence-corrected chi connectivity index (χ0v) is 10.1. The van der Waals surface area contributed by atoms with Crippen LogP contribution in [0.3, 0.4) is 0 Å². The van der Waals surface area contributed by atoms with E-state index < -0.39 is 0 Å². The van der Waals surface area contributed by atoms with Gasteiger partial charge < -0.3 is 10.2 Å². The van der Waals surface area contributed by atoms with Crippen LogP contribution in [-0.2, 0) is 0 Å². The minimum atomic E-state index is 0.373. The first kappa shape index (κ1) is 12.2. The third-order valence-corrected chi connectivity index (χ3v) is 2.24. The van der Waals surface area contributed by atoms with Crippen LogP contribution in [0.15, 0.2) is 12.4 Å². The predicted molar refractivity (Wildman–Crippen MR) is 63.3 cm³/mol. The van der Waals surface area contributed by atoms with Crippen molar-refractivity contribution in [3.05, 3.63) is 17.5 Å². The van der Waals surface area contributed by atoms with Gasteiger partial charge in [-0.25, -0.2) is 9.97 Å². The third kappa shape index (κ3) is 4.95. The maximum atomic E-state index is 5.76. The summed E-state index contributed by atoms with van der Waals surface area (Å²) in [6, 6.07) is 2.10. The minimum Gasteiger partial charge on any atom is -0.367 e. The van der Waals surface area contributed by atoms with Gasteiger partial charge in [0.25, 0.3) is 0 Å². The van der Waals surface area contributed by atoms with Crippen molar-refractivity contribution in [2.45, 2.75) is 19.4 Å². The molecule has 4 nitrogen and oxygen atoms in total. The number of rotatable bonds is 5. The van der Waals surface area contributed by atoms with Gasteiger partial charge in [-0.3, -0.25) is 0 Å². The van der Waals surface area contributed by atoms with Crippen molar-refractivity contribution < 1.29 is 0 Å². The van der Waals surface area contributed by atoms with Gasteiger partial charge in [0.05, 0.1) is 0 Å². The number of anilines is 1. The lowest BCUT2D eigenvalue weighted by Crippen LogP contribution is -2.23. The van der Waals surface area contributed by atoms with E-state index in [0.717, 1.165) is 18.8 Å². The monoisotopic (exact) mass is 228 g/mol. The highest BCUT2D eigenvalue weighted by Gasteiger charge is 2.03. The number of hydrogen-bond donors (Lipinski definition) is 1. The van der Waals surface area contributed by atoms with Crippen LogP contribution in [0.4, 0.5) is 5.82 Å². The fourth-order valence-electron chi connectivity index (χ4n) is 1.19. The Balaban J connectivity index is 2.40. The summed E-state index contributed by atoms with van der Waals surface area (Å²) in [5.41, 5.74) is 0. The van der Waals surface area contributed by atoms with Gasteiger partial charge in [0.2, 0.25) is 0 Å². The van der Waals surface area contributed by atoms with E-state index in [9.17, 15) is 0 Å². The van der Waals surface area contributed by atoms with Crippen molar-refractivity contribution in [3.63, 3.8) is 0 Å². The Labute approximate surface area is 95.7 Å². The second-order valence-corrected chi connectivity index (χ2v) is 4.25. The fraction of sp³-hybridized carbons (Fsp3) is 0.600. The van der Waals surface area contributed by atoms with Crippen molar-refractivity contribution in [2.75, 3.05) is 26.0 Å². The quantitative estimate of drug-likeness (QED) is 0.782. The molecule has 1 atom stereocenters. The van der Waals surface area contributed by atoms with E-state index in [1.165, 1.54) is 6.33 Å². The first-order valence-corrected chi connectivity index (χ1v) is 5.34. The first-order chi connectivity index (χ1) is 7.08. The molecule has 0 saturated heterocycles. The molecule has 0 aliphatic rings. The molecule has 1 aromatic heterocycles. The van der Waals surface area contributed by atoms with Gasteiger partial charge in [0.15, 0.2) is 0 Å². The van der Waals surface area contributed by atoms with E-state index in [1.807, 2.05) is 0 Å². The van der Waals surface area contributed by atoms with E-state index in [2.05, 4.69) is 41.2 Å². The number of hydrogen-bond acceptors (Lipinski definition) is 4. The lowest BCUT2D eigenvalue weighted by molar-refractivity contribution is 0.390. The topological polar surface area (TPSA) is 41.0 Å². The second-order valence-electron chi connectivity index (χ2n) is 3.86. The molecule has 1 N–H and O–H groups in total. The molecule has 1 unspecified atom stereocenters. The molecule has 1 aromatic rings. The maximum Gasteiger partial charge on any atom is 0.134 e. The van der Waals surface area contributed by atoms with Crippen molar-refractivity contribution >= 4 is 17.4 Å². The average Bonchev–Trinajstić information content (AvgIpc) is 2.15. The molecule has 0 aromatic carbocycles. The van der Waals surface area contributed by atoms with Crippen LogP contribution < -0.4 is 5.32 Å².